The summed E-state index contributed by atoms with van der Waals surface area (Å²) in [5, 5.41) is 1.08. The maximum Gasteiger partial charge on any atom is 0.242 e. The fraction of sp³-hybridized carbons (Fsp3) is 0.407. The van der Waals surface area contributed by atoms with Crippen molar-refractivity contribution in [3.63, 3.8) is 0 Å². The van der Waals surface area contributed by atoms with E-state index in [0.717, 1.165) is 40.9 Å². The van der Waals surface area contributed by atoms with E-state index in [4.69, 9.17) is 4.74 Å². The first-order chi connectivity index (χ1) is 16.5. The van der Waals surface area contributed by atoms with Crippen LogP contribution in [0.5, 0.6) is 0 Å². The average Bonchev–Trinajstić information content (AvgIpc) is 3.19. The van der Waals surface area contributed by atoms with Gasteiger partial charge in [0.15, 0.2) is 0 Å². The van der Waals surface area contributed by atoms with Gasteiger partial charge in [-0.3, -0.25) is 9.59 Å². The summed E-state index contributed by atoms with van der Waals surface area (Å²) in [6.45, 7) is 6.31. The molecule has 2 amide bonds. The summed E-state index contributed by atoms with van der Waals surface area (Å²) in [4.78, 5) is 31.1. The van der Waals surface area contributed by atoms with E-state index in [-0.39, 0.29) is 30.6 Å². The van der Waals surface area contributed by atoms with E-state index in [2.05, 4.69) is 12.1 Å². The summed E-state index contributed by atoms with van der Waals surface area (Å²) in [5.74, 6) is 0.594. The Balaban J connectivity index is 1.31. The van der Waals surface area contributed by atoms with E-state index in [0.29, 0.717) is 18.8 Å². The lowest BCUT2D eigenvalue weighted by Crippen LogP contribution is -2.49. The van der Waals surface area contributed by atoms with E-state index in [1.165, 1.54) is 5.56 Å². The van der Waals surface area contributed by atoms with E-state index >= 15 is 0 Å². The molecule has 3 aromatic rings. The Bertz CT molecular complexity index is 1200. The van der Waals surface area contributed by atoms with E-state index in [1.54, 1.807) is 11.8 Å². The number of aryl methyl sites for hydroxylation is 1. The normalized spacial score (nSPS) is 20.4. The highest BCUT2D eigenvalue weighted by Crippen LogP contribution is 2.32. The fourth-order valence-electron chi connectivity index (χ4n) is 5.10. The molecule has 7 heteroatoms. The lowest BCUT2D eigenvalue weighted by atomic mass is 10.0. The van der Waals surface area contributed by atoms with Crippen molar-refractivity contribution in [2.24, 2.45) is 0 Å². The van der Waals surface area contributed by atoms with Gasteiger partial charge in [-0.25, -0.2) is 0 Å². The van der Waals surface area contributed by atoms with Crippen LogP contribution in [0.25, 0.3) is 10.9 Å². The number of hydrogen-bond acceptors (Lipinski definition) is 4. The smallest absolute Gasteiger partial charge is 0.242 e. The summed E-state index contributed by atoms with van der Waals surface area (Å²) in [6.07, 6.45) is 4.14. The van der Waals surface area contributed by atoms with Crippen LogP contribution in [0, 0.1) is 0 Å². The number of fused-ring (bicyclic) bond motifs is 2. The summed E-state index contributed by atoms with van der Waals surface area (Å²) in [5.41, 5.74) is 3.30. The quantitative estimate of drug-likeness (QED) is 0.513. The van der Waals surface area contributed by atoms with Crippen molar-refractivity contribution in [2.75, 3.05) is 30.3 Å². The number of rotatable bonds is 5. The van der Waals surface area contributed by atoms with E-state index in [1.807, 2.05) is 70.8 Å². The van der Waals surface area contributed by atoms with Crippen molar-refractivity contribution >= 4 is 40.2 Å². The zero-order chi connectivity index (χ0) is 23.7. The Labute approximate surface area is 204 Å². The van der Waals surface area contributed by atoms with Crippen molar-refractivity contribution in [1.29, 1.82) is 0 Å². The lowest BCUT2D eigenvalue weighted by molar-refractivity contribution is -0.143. The van der Waals surface area contributed by atoms with Crippen LogP contribution in [-0.4, -0.2) is 58.9 Å². The van der Waals surface area contributed by atoms with Crippen LogP contribution < -0.4 is 4.90 Å². The van der Waals surface area contributed by atoms with Gasteiger partial charge in [0.25, 0.3) is 0 Å². The van der Waals surface area contributed by atoms with Crippen molar-refractivity contribution < 1.29 is 14.3 Å². The number of anilines is 1. The molecule has 0 radical (unpaired) electrons. The summed E-state index contributed by atoms with van der Waals surface area (Å²) in [6, 6.07) is 16.3. The number of nitrogens with zero attached hydrogens (tertiary/aromatic N) is 3. The topological polar surface area (TPSA) is 54.8 Å². The highest BCUT2D eigenvalue weighted by molar-refractivity contribution is 8.00. The highest BCUT2D eigenvalue weighted by Gasteiger charge is 2.27. The number of thioether (sulfide) groups is 1. The predicted octanol–water partition coefficient (Wildman–Crippen LogP) is 4.35. The third kappa shape index (κ3) is 4.72. The Kier molecular flexibility index (Phi) is 6.66. The number of morpholine rings is 1. The van der Waals surface area contributed by atoms with Gasteiger partial charge < -0.3 is 19.1 Å². The minimum atomic E-state index is 0.0474. The zero-order valence-corrected chi connectivity index (χ0v) is 20.6. The molecule has 0 spiro atoms. The fourth-order valence-corrected chi connectivity index (χ4v) is 6.06. The number of amides is 2. The number of aromatic nitrogens is 1. The third-order valence-electron chi connectivity index (χ3n) is 6.59. The molecular weight excluding hydrogens is 446 g/mol. The molecule has 34 heavy (non-hydrogen) atoms. The molecule has 2 aliphatic rings. The number of carbonyl (C=O) groups is 2. The molecular formula is C27H31N3O3S. The molecule has 6 nitrogen and oxygen atoms in total. The van der Waals surface area contributed by atoms with Gasteiger partial charge in [-0.15, -0.1) is 11.8 Å². The van der Waals surface area contributed by atoms with Gasteiger partial charge >= 0.3 is 0 Å². The number of carbonyl (C=O) groups excluding carboxylic acids is 2. The minimum absolute atomic E-state index is 0.0474. The van der Waals surface area contributed by atoms with Crippen molar-refractivity contribution in [1.82, 2.24) is 9.47 Å². The summed E-state index contributed by atoms with van der Waals surface area (Å²) in [7, 11) is 0. The number of benzene rings is 2. The summed E-state index contributed by atoms with van der Waals surface area (Å²) < 4.78 is 7.80. The number of hydrogen-bond donors (Lipinski definition) is 0. The SMILES string of the molecule is C[C@@H]1CN(C(=O)Cn2cc(SCC(=O)N3CCCc4ccccc43)c3ccccc32)C[C@H](C)O1. The van der Waals surface area contributed by atoms with Crippen molar-refractivity contribution in [3.05, 3.63) is 60.3 Å². The molecule has 0 saturated carbocycles. The second kappa shape index (κ2) is 9.84. The van der Waals surface area contributed by atoms with Crippen molar-refractivity contribution in [3.8, 4) is 0 Å². The van der Waals surface area contributed by atoms with Gasteiger partial charge in [0.1, 0.15) is 6.54 Å². The Morgan fingerprint density at radius 2 is 1.74 bits per heavy atom. The van der Waals surface area contributed by atoms with E-state index in [9.17, 15) is 9.59 Å². The van der Waals surface area contributed by atoms with Crippen LogP contribution in [0.2, 0.25) is 0 Å². The second-order valence-corrected chi connectivity index (χ2v) is 10.3. The molecule has 0 unspecified atom stereocenters. The van der Waals surface area contributed by atoms with Crippen LogP contribution in [0.15, 0.2) is 59.6 Å². The first kappa shape index (κ1) is 23.0. The molecule has 3 heterocycles. The molecule has 1 saturated heterocycles. The first-order valence-corrected chi connectivity index (χ1v) is 13.0. The molecule has 1 aromatic heterocycles. The van der Waals surface area contributed by atoms with Gasteiger partial charge in [0.05, 0.1) is 18.0 Å². The molecule has 0 N–H and O–H groups in total. The minimum Gasteiger partial charge on any atom is -0.372 e. The monoisotopic (exact) mass is 477 g/mol. The number of para-hydroxylation sites is 2. The van der Waals surface area contributed by atoms with Crippen LogP contribution in [0.1, 0.15) is 25.8 Å². The van der Waals surface area contributed by atoms with Gasteiger partial charge in [0.2, 0.25) is 11.8 Å². The molecule has 0 aliphatic carbocycles. The molecule has 1 fully saturated rings. The van der Waals surface area contributed by atoms with Gasteiger partial charge in [0, 0.05) is 47.3 Å². The summed E-state index contributed by atoms with van der Waals surface area (Å²) >= 11 is 1.55. The molecule has 178 valence electrons. The predicted molar refractivity (Wildman–Crippen MR) is 136 cm³/mol. The van der Waals surface area contributed by atoms with Crippen LogP contribution in [0.4, 0.5) is 5.69 Å². The van der Waals surface area contributed by atoms with Gasteiger partial charge in [-0.05, 0) is 44.4 Å². The maximum atomic E-state index is 13.1. The van der Waals surface area contributed by atoms with Crippen LogP contribution >= 0.6 is 11.8 Å². The average molecular weight is 478 g/mol. The molecule has 2 atom stereocenters. The maximum absolute atomic E-state index is 13.1. The Morgan fingerprint density at radius 3 is 2.56 bits per heavy atom. The second-order valence-electron chi connectivity index (χ2n) is 9.26. The third-order valence-corrected chi connectivity index (χ3v) is 7.62. The standard InChI is InChI=1S/C27H31N3O3S/c1-19-14-29(15-20(2)33-19)26(31)17-28-16-25(22-10-4-6-12-24(22)28)34-18-27(32)30-13-7-9-21-8-3-5-11-23(21)30/h3-6,8,10-12,16,19-20H,7,9,13-15,17-18H2,1-2H3/t19-,20+. The molecule has 0 bridgehead atoms. The Morgan fingerprint density at radius 1 is 1.00 bits per heavy atom. The first-order valence-electron chi connectivity index (χ1n) is 12.0. The Hall–Kier alpha value is -2.77. The zero-order valence-electron chi connectivity index (χ0n) is 19.8. The highest BCUT2D eigenvalue weighted by atomic mass is 32.2. The lowest BCUT2D eigenvalue weighted by Gasteiger charge is -2.35. The van der Waals surface area contributed by atoms with Crippen LogP contribution in [-0.2, 0) is 27.3 Å². The van der Waals surface area contributed by atoms with Gasteiger partial charge in [-0.1, -0.05) is 36.4 Å². The van der Waals surface area contributed by atoms with Crippen molar-refractivity contribution in [2.45, 2.75) is 50.3 Å². The number of ether oxygens (including phenoxy) is 1. The van der Waals surface area contributed by atoms with Gasteiger partial charge in [-0.2, -0.15) is 0 Å². The molecule has 2 aromatic carbocycles. The molecule has 5 rings (SSSR count). The largest absolute Gasteiger partial charge is 0.372 e. The van der Waals surface area contributed by atoms with Crippen LogP contribution in [0.3, 0.4) is 0 Å². The van der Waals surface area contributed by atoms with E-state index < -0.39 is 0 Å². The molecule has 2 aliphatic heterocycles.